The number of para-hydroxylation sites is 1. The van der Waals surface area contributed by atoms with Crippen LogP contribution < -0.4 is 15.8 Å². The summed E-state index contributed by atoms with van der Waals surface area (Å²) in [4.78, 5) is 8.30. The SMILES string of the molecule is COc1cc(CN=C(N)Nc2ccccc2)ccn1. The number of ether oxygens (including phenoxy) is 1. The van der Waals surface area contributed by atoms with Gasteiger partial charge >= 0.3 is 0 Å². The molecule has 2 aromatic rings. The fraction of sp³-hybridized carbons (Fsp3) is 0.143. The van der Waals surface area contributed by atoms with Crippen LogP contribution in [-0.2, 0) is 6.54 Å². The van der Waals surface area contributed by atoms with E-state index in [0.717, 1.165) is 11.3 Å². The molecule has 1 aromatic heterocycles. The average Bonchev–Trinajstić information content (AvgIpc) is 2.46. The van der Waals surface area contributed by atoms with Crippen molar-refractivity contribution in [2.45, 2.75) is 6.54 Å². The van der Waals surface area contributed by atoms with Gasteiger partial charge in [-0.15, -0.1) is 0 Å². The van der Waals surface area contributed by atoms with Crippen molar-refractivity contribution in [1.29, 1.82) is 0 Å². The number of methoxy groups -OCH3 is 1. The molecule has 0 saturated carbocycles. The standard InChI is InChI=1S/C14H16N4O/c1-19-13-9-11(7-8-16-13)10-17-14(15)18-12-5-3-2-4-6-12/h2-9H,10H2,1H3,(H3,15,17,18). The van der Waals surface area contributed by atoms with E-state index < -0.39 is 0 Å². The summed E-state index contributed by atoms with van der Waals surface area (Å²) in [7, 11) is 1.58. The van der Waals surface area contributed by atoms with Crippen molar-refractivity contribution in [2.75, 3.05) is 12.4 Å². The minimum Gasteiger partial charge on any atom is -0.481 e. The number of guanidine groups is 1. The van der Waals surface area contributed by atoms with Crippen LogP contribution in [-0.4, -0.2) is 18.1 Å². The second-order valence-electron chi connectivity index (χ2n) is 3.90. The van der Waals surface area contributed by atoms with Crippen LogP contribution in [0.4, 0.5) is 5.69 Å². The van der Waals surface area contributed by atoms with Crippen LogP contribution in [0.3, 0.4) is 0 Å². The Bertz CT molecular complexity index is 554. The zero-order valence-corrected chi connectivity index (χ0v) is 10.7. The van der Waals surface area contributed by atoms with E-state index in [2.05, 4.69) is 15.3 Å². The van der Waals surface area contributed by atoms with Gasteiger partial charge < -0.3 is 15.8 Å². The molecular formula is C14H16N4O. The number of pyridine rings is 1. The minimum absolute atomic E-state index is 0.377. The van der Waals surface area contributed by atoms with Crippen LogP contribution in [0.15, 0.2) is 53.7 Å². The van der Waals surface area contributed by atoms with Gasteiger partial charge in [-0.25, -0.2) is 9.98 Å². The molecule has 0 bridgehead atoms. The van der Waals surface area contributed by atoms with Gasteiger partial charge in [0.15, 0.2) is 5.96 Å². The maximum Gasteiger partial charge on any atom is 0.213 e. The van der Waals surface area contributed by atoms with Crippen molar-refractivity contribution in [3.05, 3.63) is 54.2 Å². The fourth-order valence-corrected chi connectivity index (χ4v) is 1.55. The first-order valence-electron chi connectivity index (χ1n) is 5.89. The lowest BCUT2D eigenvalue weighted by Gasteiger charge is -2.05. The lowest BCUT2D eigenvalue weighted by molar-refractivity contribution is 0.397. The van der Waals surface area contributed by atoms with Crippen molar-refractivity contribution in [3.8, 4) is 5.88 Å². The molecule has 0 radical (unpaired) electrons. The Morgan fingerprint density at radius 1 is 1.32 bits per heavy atom. The number of nitrogens with two attached hydrogens (primary N) is 1. The van der Waals surface area contributed by atoms with Crippen LogP contribution in [0.25, 0.3) is 0 Å². The highest BCUT2D eigenvalue weighted by Crippen LogP contribution is 2.09. The van der Waals surface area contributed by atoms with Crippen LogP contribution in [0.5, 0.6) is 5.88 Å². The van der Waals surface area contributed by atoms with Crippen molar-refractivity contribution in [3.63, 3.8) is 0 Å². The third-order valence-corrected chi connectivity index (χ3v) is 2.49. The van der Waals surface area contributed by atoms with Crippen LogP contribution >= 0.6 is 0 Å². The first-order chi connectivity index (χ1) is 9.28. The number of anilines is 1. The van der Waals surface area contributed by atoms with E-state index in [-0.39, 0.29) is 0 Å². The molecule has 98 valence electrons. The monoisotopic (exact) mass is 256 g/mol. The predicted molar refractivity (Wildman–Crippen MR) is 76.2 cm³/mol. The number of hydrogen-bond donors (Lipinski definition) is 2. The van der Waals surface area contributed by atoms with Gasteiger partial charge in [0.1, 0.15) is 0 Å². The zero-order chi connectivity index (χ0) is 13.5. The van der Waals surface area contributed by atoms with Crippen molar-refractivity contribution in [2.24, 2.45) is 10.7 Å². The lowest BCUT2D eigenvalue weighted by atomic mass is 10.3. The van der Waals surface area contributed by atoms with Gasteiger partial charge in [-0.1, -0.05) is 18.2 Å². The Morgan fingerprint density at radius 3 is 2.84 bits per heavy atom. The van der Waals surface area contributed by atoms with E-state index in [1.54, 1.807) is 13.3 Å². The summed E-state index contributed by atoms with van der Waals surface area (Å²) in [6, 6.07) is 13.4. The van der Waals surface area contributed by atoms with Gasteiger partial charge in [-0.05, 0) is 23.8 Å². The third-order valence-electron chi connectivity index (χ3n) is 2.49. The average molecular weight is 256 g/mol. The highest BCUT2D eigenvalue weighted by atomic mass is 16.5. The summed E-state index contributed by atoms with van der Waals surface area (Å²) < 4.78 is 5.05. The maximum absolute atomic E-state index is 5.82. The maximum atomic E-state index is 5.82. The van der Waals surface area contributed by atoms with Crippen LogP contribution in [0.1, 0.15) is 5.56 Å². The van der Waals surface area contributed by atoms with Gasteiger partial charge in [0.05, 0.1) is 13.7 Å². The first-order valence-corrected chi connectivity index (χ1v) is 5.89. The van der Waals surface area contributed by atoms with Crippen molar-refractivity contribution < 1.29 is 4.74 Å². The number of benzene rings is 1. The van der Waals surface area contributed by atoms with Crippen LogP contribution in [0, 0.1) is 0 Å². The molecule has 0 aliphatic rings. The zero-order valence-electron chi connectivity index (χ0n) is 10.7. The molecule has 1 heterocycles. The molecule has 0 unspecified atom stereocenters. The van der Waals surface area contributed by atoms with E-state index in [1.165, 1.54) is 0 Å². The number of aromatic nitrogens is 1. The second kappa shape index (κ2) is 6.39. The lowest BCUT2D eigenvalue weighted by Crippen LogP contribution is -2.22. The fourth-order valence-electron chi connectivity index (χ4n) is 1.55. The number of hydrogen-bond acceptors (Lipinski definition) is 3. The molecule has 19 heavy (non-hydrogen) atoms. The van der Waals surface area contributed by atoms with Crippen LogP contribution in [0.2, 0.25) is 0 Å². The summed E-state index contributed by atoms with van der Waals surface area (Å²) in [5, 5.41) is 3.02. The molecule has 0 amide bonds. The minimum atomic E-state index is 0.377. The summed E-state index contributed by atoms with van der Waals surface area (Å²) >= 11 is 0. The van der Waals surface area contributed by atoms with E-state index in [1.807, 2.05) is 42.5 Å². The normalized spacial score (nSPS) is 11.1. The van der Waals surface area contributed by atoms with Gasteiger partial charge in [0.2, 0.25) is 5.88 Å². The molecule has 5 nitrogen and oxygen atoms in total. The molecule has 2 rings (SSSR count). The largest absolute Gasteiger partial charge is 0.481 e. The third kappa shape index (κ3) is 3.99. The Morgan fingerprint density at radius 2 is 2.11 bits per heavy atom. The molecule has 0 aliphatic carbocycles. The van der Waals surface area contributed by atoms with Crippen molar-refractivity contribution >= 4 is 11.6 Å². The second-order valence-corrected chi connectivity index (χ2v) is 3.90. The Labute approximate surface area is 112 Å². The van der Waals surface area contributed by atoms with Gasteiger partial charge in [-0.2, -0.15) is 0 Å². The molecule has 0 fully saturated rings. The summed E-state index contributed by atoms with van der Waals surface area (Å²) in [5.74, 6) is 0.948. The Balaban J connectivity index is 1.97. The quantitative estimate of drug-likeness (QED) is 0.648. The summed E-state index contributed by atoms with van der Waals surface area (Å²) in [5.41, 5.74) is 7.72. The van der Waals surface area contributed by atoms with Gasteiger partial charge in [-0.3, -0.25) is 0 Å². The number of aliphatic imine (C=N–C) groups is 1. The molecule has 0 spiro atoms. The van der Waals surface area contributed by atoms with E-state index in [4.69, 9.17) is 10.5 Å². The molecule has 5 heteroatoms. The summed E-state index contributed by atoms with van der Waals surface area (Å²) in [6.07, 6.45) is 1.69. The molecule has 1 aromatic carbocycles. The van der Waals surface area contributed by atoms with E-state index in [0.29, 0.717) is 18.4 Å². The molecular weight excluding hydrogens is 240 g/mol. The topological polar surface area (TPSA) is 72.5 Å². The predicted octanol–water partition coefficient (Wildman–Crippen LogP) is 2.02. The van der Waals surface area contributed by atoms with E-state index >= 15 is 0 Å². The Kier molecular flexibility index (Phi) is 4.34. The van der Waals surface area contributed by atoms with Gasteiger partial charge in [0, 0.05) is 18.0 Å². The molecule has 3 N–H and O–H groups in total. The molecule has 0 atom stereocenters. The first kappa shape index (κ1) is 12.9. The Hall–Kier alpha value is -2.56. The molecule has 0 saturated heterocycles. The van der Waals surface area contributed by atoms with Crippen molar-refractivity contribution in [1.82, 2.24) is 4.98 Å². The highest BCUT2D eigenvalue weighted by molar-refractivity contribution is 5.92. The highest BCUT2D eigenvalue weighted by Gasteiger charge is 1.97. The van der Waals surface area contributed by atoms with Gasteiger partial charge in [0.25, 0.3) is 0 Å². The molecule has 0 aliphatic heterocycles. The smallest absolute Gasteiger partial charge is 0.213 e. The number of rotatable bonds is 4. The summed E-state index contributed by atoms with van der Waals surface area (Å²) in [6.45, 7) is 0.477. The number of nitrogens with zero attached hydrogens (tertiary/aromatic N) is 2. The van der Waals surface area contributed by atoms with E-state index in [9.17, 15) is 0 Å². The number of nitrogens with one attached hydrogen (secondary N) is 1.